The molecule has 1 saturated heterocycles. The Kier molecular flexibility index (Phi) is 9.28. The van der Waals surface area contributed by atoms with Gasteiger partial charge >= 0.3 is 0 Å². The summed E-state index contributed by atoms with van der Waals surface area (Å²) in [4.78, 5) is 10.4. The molecule has 270 valence electrons. The molecule has 0 amide bonds. The van der Waals surface area contributed by atoms with Gasteiger partial charge in [-0.1, -0.05) is 18.2 Å². The molecule has 17 heteroatoms. The number of ether oxygens (including phenoxy) is 2. The van der Waals surface area contributed by atoms with E-state index in [-0.39, 0.29) is 40.1 Å². The highest BCUT2D eigenvalue weighted by Gasteiger charge is 2.27. The van der Waals surface area contributed by atoms with Crippen LogP contribution < -0.4 is 9.46 Å². The van der Waals surface area contributed by atoms with Crippen molar-refractivity contribution in [2.45, 2.75) is 42.4 Å². The summed E-state index contributed by atoms with van der Waals surface area (Å²) in [5.41, 5.74) is 1.76. The number of aromatic nitrogens is 4. The van der Waals surface area contributed by atoms with Crippen molar-refractivity contribution >= 4 is 36.6 Å². The van der Waals surface area contributed by atoms with E-state index in [1.165, 1.54) is 37.7 Å². The topological polar surface area (TPSA) is 159 Å². The minimum absolute atomic E-state index is 0.00941. The lowest BCUT2D eigenvalue weighted by Gasteiger charge is -2.34. The number of oxazole rings is 1. The molecule has 1 aliphatic rings. The molecule has 2 unspecified atom stereocenters. The van der Waals surface area contributed by atoms with Crippen molar-refractivity contribution in [1.82, 2.24) is 24.1 Å². The van der Waals surface area contributed by atoms with Gasteiger partial charge in [0.25, 0.3) is 20.0 Å². The highest BCUT2D eigenvalue weighted by Crippen LogP contribution is 2.37. The summed E-state index contributed by atoms with van der Waals surface area (Å²) in [7, 11) is -7.49. The summed E-state index contributed by atoms with van der Waals surface area (Å²) in [6, 6.07) is 14.5. The summed E-state index contributed by atoms with van der Waals surface area (Å²) in [5, 5.41) is 4.69. The number of pyridine rings is 1. The third-order valence-corrected chi connectivity index (χ3v) is 11.4. The molecule has 1 fully saturated rings. The van der Waals surface area contributed by atoms with Gasteiger partial charge in [0, 0.05) is 48.4 Å². The van der Waals surface area contributed by atoms with Crippen molar-refractivity contribution in [1.29, 1.82) is 0 Å². The van der Waals surface area contributed by atoms with Crippen LogP contribution in [-0.4, -0.2) is 73.3 Å². The molecule has 0 radical (unpaired) electrons. The number of rotatable bonds is 10. The summed E-state index contributed by atoms with van der Waals surface area (Å²) in [5.74, 6) is -2.18. The maximum absolute atomic E-state index is 14.5. The molecule has 52 heavy (non-hydrogen) atoms. The van der Waals surface area contributed by atoms with Gasteiger partial charge in [-0.15, -0.1) is 0 Å². The van der Waals surface area contributed by atoms with Crippen LogP contribution in [0, 0.1) is 11.6 Å². The van der Waals surface area contributed by atoms with Crippen molar-refractivity contribution in [3.05, 3.63) is 103 Å². The Morgan fingerprint density at radius 1 is 0.942 bits per heavy atom. The molecule has 1 N–H and O–H groups in total. The summed E-state index contributed by atoms with van der Waals surface area (Å²) in [6.07, 6.45) is 4.44. The highest BCUT2D eigenvalue weighted by molar-refractivity contribution is 7.92. The van der Waals surface area contributed by atoms with E-state index in [0.29, 0.717) is 53.5 Å². The lowest BCUT2D eigenvalue weighted by Crippen LogP contribution is -2.44. The smallest absolute Gasteiger partial charge is 0.283 e. The van der Waals surface area contributed by atoms with Gasteiger partial charge < -0.3 is 13.9 Å². The van der Waals surface area contributed by atoms with Crippen molar-refractivity contribution < 1.29 is 39.5 Å². The van der Waals surface area contributed by atoms with Crippen LogP contribution in [0.1, 0.15) is 19.5 Å². The van der Waals surface area contributed by atoms with Crippen molar-refractivity contribution in [3.8, 4) is 28.5 Å². The van der Waals surface area contributed by atoms with Gasteiger partial charge in [-0.2, -0.15) is 17.6 Å². The summed E-state index contributed by atoms with van der Waals surface area (Å²) < 4.78 is 103. The quantitative estimate of drug-likeness (QED) is 0.183. The third kappa shape index (κ3) is 6.87. The molecular formula is C35H32F2N6O7S2. The minimum Gasteiger partial charge on any atom is -0.480 e. The lowest BCUT2D eigenvalue weighted by molar-refractivity contribution is -0.0707. The van der Waals surface area contributed by atoms with Crippen LogP contribution in [-0.2, 0) is 31.3 Å². The van der Waals surface area contributed by atoms with Gasteiger partial charge in [0.05, 0.1) is 41.6 Å². The predicted molar refractivity (Wildman–Crippen MR) is 186 cm³/mol. The predicted octanol–water partition coefficient (Wildman–Crippen LogP) is 5.69. The Morgan fingerprint density at radius 2 is 1.69 bits per heavy atom. The van der Waals surface area contributed by atoms with Gasteiger partial charge in [0.2, 0.25) is 11.8 Å². The van der Waals surface area contributed by atoms with Gasteiger partial charge in [-0.25, -0.2) is 27.2 Å². The zero-order chi connectivity index (χ0) is 36.8. The molecule has 1 aliphatic heterocycles. The molecule has 0 aliphatic carbocycles. The number of hydrogen-bond donors (Lipinski definition) is 1. The number of nitrogens with zero attached hydrogens (tertiary/aromatic N) is 5. The van der Waals surface area contributed by atoms with Crippen LogP contribution in [0.3, 0.4) is 0 Å². The second-order valence-corrected chi connectivity index (χ2v) is 15.7. The highest BCUT2D eigenvalue weighted by atomic mass is 32.2. The molecule has 4 heterocycles. The number of anilines is 1. The lowest BCUT2D eigenvalue weighted by atomic mass is 10.0. The average molecular weight is 751 g/mol. The number of sulfonamides is 1. The Morgan fingerprint density at radius 3 is 2.40 bits per heavy atom. The van der Waals surface area contributed by atoms with E-state index in [4.69, 9.17) is 18.9 Å². The fraction of sp³-hybridized carbons (Fsp3) is 0.229. The number of hydrogen-bond acceptors (Lipinski definition) is 11. The molecule has 3 aromatic carbocycles. The number of nitrogens with one attached hydrogen (secondary N) is 1. The maximum Gasteiger partial charge on any atom is 0.283 e. The number of fused-ring (bicyclic) bond motifs is 1. The van der Waals surface area contributed by atoms with E-state index < -0.39 is 36.6 Å². The first kappa shape index (κ1) is 35.2. The molecule has 7 rings (SSSR count). The molecule has 6 aromatic rings. The average Bonchev–Trinajstić information content (AvgIpc) is 3.75. The maximum atomic E-state index is 14.5. The molecule has 0 saturated carbocycles. The van der Waals surface area contributed by atoms with Gasteiger partial charge in [-0.3, -0.25) is 9.62 Å². The minimum atomic E-state index is -4.58. The third-order valence-electron chi connectivity index (χ3n) is 8.39. The molecule has 3 aromatic heterocycles. The first-order valence-electron chi connectivity index (χ1n) is 16.0. The number of morpholine rings is 1. The molecule has 13 nitrogen and oxygen atoms in total. The van der Waals surface area contributed by atoms with Crippen molar-refractivity contribution in [2.75, 3.05) is 24.9 Å². The zero-order valence-electron chi connectivity index (χ0n) is 28.0. The number of methoxy groups -OCH3 is 1. The molecule has 2 atom stereocenters. The monoisotopic (exact) mass is 750 g/mol. The fourth-order valence-corrected chi connectivity index (χ4v) is 8.61. The van der Waals surface area contributed by atoms with E-state index in [2.05, 4.69) is 19.7 Å². The Balaban J connectivity index is 1.34. The first-order valence-corrected chi connectivity index (χ1v) is 18.9. The van der Waals surface area contributed by atoms with Crippen LogP contribution in [0.5, 0.6) is 5.88 Å². The van der Waals surface area contributed by atoms with Crippen molar-refractivity contribution in [2.24, 2.45) is 0 Å². The SMILES string of the molecule is COc1ncc(-c2cc(-c3nc(CN4CC(C)OC(C)C4)co3)c3cnn(S(=O)(=O)c4ccccc4)c3c2)cc1NS(=O)(=O)c1ccc(F)cc1F. The van der Waals surface area contributed by atoms with E-state index in [9.17, 15) is 25.6 Å². The van der Waals surface area contributed by atoms with Gasteiger partial charge in [-0.05, 0) is 61.9 Å². The van der Waals surface area contributed by atoms with Crippen LogP contribution in [0.4, 0.5) is 14.5 Å². The van der Waals surface area contributed by atoms with E-state index in [1.54, 1.807) is 36.6 Å². The van der Waals surface area contributed by atoms with E-state index in [0.717, 1.165) is 16.2 Å². The molecule has 0 bridgehead atoms. The second kappa shape index (κ2) is 13.7. The zero-order valence-corrected chi connectivity index (χ0v) is 29.7. The Labute approximate surface area is 297 Å². The fourth-order valence-electron chi connectivity index (χ4n) is 6.22. The number of benzene rings is 3. The normalized spacial score (nSPS) is 17.0. The van der Waals surface area contributed by atoms with Crippen LogP contribution in [0.15, 0.2) is 99.6 Å². The largest absolute Gasteiger partial charge is 0.480 e. The molecule has 0 spiro atoms. The van der Waals surface area contributed by atoms with Crippen LogP contribution in [0.25, 0.3) is 33.5 Å². The van der Waals surface area contributed by atoms with Gasteiger partial charge in [0.1, 0.15) is 28.5 Å². The van der Waals surface area contributed by atoms with E-state index >= 15 is 0 Å². The van der Waals surface area contributed by atoms with Gasteiger partial charge in [0.15, 0.2) is 0 Å². The first-order chi connectivity index (χ1) is 24.8. The second-order valence-electron chi connectivity index (χ2n) is 12.3. The van der Waals surface area contributed by atoms with E-state index in [1.807, 2.05) is 13.8 Å². The Hall–Kier alpha value is -5.23. The summed E-state index contributed by atoms with van der Waals surface area (Å²) >= 11 is 0. The van der Waals surface area contributed by atoms with Crippen LogP contribution >= 0.6 is 0 Å². The van der Waals surface area contributed by atoms with Crippen molar-refractivity contribution in [3.63, 3.8) is 0 Å². The standard InChI is InChI=1S/C35H32F2N6O7S2/c1-21-17-42(18-22(2)50-21)19-26-20-49-34(40-26)28-11-23(13-32-29(28)16-39-43(32)52(46,47)27-7-5-4-6-8-27)24-12-31(35(48-3)38-15-24)41-51(44,45)33-10-9-25(36)14-30(33)37/h4-16,20-22,41H,17-19H2,1-3H3. The Bertz CT molecular complexity index is 2500. The number of halogens is 2. The summed E-state index contributed by atoms with van der Waals surface area (Å²) in [6.45, 7) is 5.92. The van der Waals surface area contributed by atoms with Crippen LogP contribution in [0.2, 0.25) is 0 Å². The molecular weight excluding hydrogens is 719 g/mol.